The number of rotatable bonds is 3. The minimum absolute atomic E-state index is 0.0836. The van der Waals surface area contributed by atoms with Gasteiger partial charge in [0.2, 0.25) is 0 Å². The Labute approximate surface area is 150 Å². The van der Waals surface area contributed by atoms with E-state index >= 15 is 0 Å². The monoisotopic (exact) mass is 352 g/mol. The standard InChI is InChI=1S/C18H20N6O2/c1-12-10-16(26-22-12)15-7-5-9-24(15)18(25)20-17-11-14(21-23(17)2)13-6-3-4-8-19-13/h3-4,6,8,10-11,15H,5,7,9H2,1-2H3,(H,20,25)/t15-/m1/s1. The highest BCUT2D eigenvalue weighted by Gasteiger charge is 2.33. The zero-order chi connectivity index (χ0) is 18.1. The number of pyridine rings is 1. The number of hydrogen-bond acceptors (Lipinski definition) is 5. The summed E-state index contributed by atoms with van der Waals surface area (Å²) in [7, 11) is 1.79. The van der Waals surface area contributed by atoms with Crippen LogP contribution in [0.4, 0.5) is 10.6 Å². The van der Waals surface area contributed by atoms with Gasteiger partial charge in [-0.3, -0.25) is 15.0 Å². The van der Waals surface area contributed by atoms with Crippen LogP contribution in [0, 0.1) is 6.92 Å². The molecular weight excluding hydrogens is 332 g/mol. The fourth-order valence-electron chi connectivity index (χ4n) is 3.25. The van der Waals surface area contributed by atoms with Gasteiger partial charge in [-0.15, -0.1) is 0 Å². The highest BCUT2D eigenvalue weighted by Crippen LogP contribution is 2.33. The Bertz CT molecular complexity index is 917. The molecule has 4 heterocycles. The van der Waals surface area contributed by atoms with Crippen LogP contribution in [0.1, 0.15) is 30.3 Å². The minimum Gasteiger partial charge on any atom is -0.359 e. The number of anilines is 1. The number of amides is 2. The molecule has 0 bridgehead atoms. The molecule has 1 fully saturated rings. The van der Waals surface area contributed by atoms with Crippen molar-refractivity contribution in [3.63, 3.8) is 0 Å². The first kappa shape index (κ1) is 16.3. The van der Waals surface area contributed by atoms with E-state index < -0.39 is 0 Å². The topological polar surface area (TPSA) is 89.1 Å². The van der Waals surface area contributed by atoms with Gasteiger partial charge in [0.1, 0.15) is 11.5 Å². The fourth-order valence-corrected chi connectivity index (χ4v) is 3.25. The summed E-state index contributed by atoms with van der Waals surface area (Å²) in [6.07, 6.45) is 3.52. The Morgan fingerprint density at radius 3 is 2.92 bits per heavy atom. The third-order valence-electron chi connectivity index (χ3n) is 4.53. The summed E-state index contributed by atoms with van der Waals surface area (Å²) in [4.78, 5) is 18.9. The van der Waals surface area contributed by atoms with Crippen LogP contribution in [0.2, 0.25) is 0 Å². The minimum atomic E-state index is -0.169. The summed E-state index contributed by atoms with van der Waals surface area (Å²) >= 11 is 0. The molecule has 8 heteroatoms. The van der Waals surface area contributed by atoms with E-state index in [1.54, 1.807) is 22.8 Å². The average Bonchev–Trinajstić information content (AvgIpc) is 3.36. The summed E-state index contributed by atoms with van der Waals surface area (Å²) < 4.78 is 7.01. The lowest BCUT2D eigenvalue weighted by atomic mass is 10.1. The van der Waals surface area contributed by atoms with Crippen molar-refractivity contribution in [2.24, 2.45) is 7.05 Å². The molecule has 1 aliphatic heterocycles. The summed E-state index contributed by atoms with van der Waals surface area (Å²) in [6.45, 7) is 2.56. The predicted octanol–water partition coefficient (Wildman–Crippen LogP) is 3.15. The number of nitrogens with zero attached hydrogens (tertiary/aromatic N) is 5. The van der Waals surface area contributed by atoms with Gasteiger partial charge in [0.05, 0.1) is 17.4 Å². The number of carbonyl (C=O) groups excluding carboxylic acids is 1. The maximum atomic E-state index is 12.8. The fraction of sp³-hybridized carbons (Fsp3) is 0.333. The zero-order valence-electron chi connectivity index (χ0n) is 14.7. The van der Waals surface area contributed by atoms with E-state index in [-0.39, 0.29) is 12.1 Å². The molecule has 3 aromatic heterocycles. The van der Waals surface area contributed by atoms with E-state index in [0.29, 0.717) is 18.1 Å². The van der Waals surface area contributed by atoms with Gasteiger partial charge in [-0.25, -0.2) is 4.79 Å². The lowest BCUT2D eigenvalue weighted by Gasteiger charge is -2.22. The van der Waals surface area contributed by atoms with Crippen LogP contribution in [0.25, 0.3) is 11.4 Å². The van der Waals surface area contributed by atoms with Crippen molar-refractivity contribution >= 4 is 11.8 Å². The third-order valence-corrected chi connectivity index (χ3v) is 4.53. The Balaban J connectivity index is 1.52. The molecule has 2 amide bonds. The van der Waals surface area contributed by atoms with Crippen LogP contribution in [-0.4, -0.2) is 37.4 Å². The number of urea groups is 1. The number of likely N-dealkylation sites (tertiary alicyclic amines) is 1. The van der Waals surface area contributed by atoms with Crippen molar-refractivity contribution in [3.8, 4) is 11.4 Å². The van der Waals surface area contributed by atoms with Gasteiger partial charge in [0.15, 0.2) is 5.76 Å². The first-order valence-corrected chi connectivity index (χ1v) is 8.58. The van der Waals surface area contributed by atoms with Gasteiger partial charge in [0, 0.05) is 31.9 Å². The lowest BCUT2D eigenvalue weighted by molar-refractivity contribution is 0.195. The lowest BCUT2D eigenvalue weighted by Crippen LogP contribution is -2.34. The molecule has 1 N–H and O–H groups in total. The van der Waals surface area contributed by atoms with Gasteiger partial charge in [-0.1, -0.05) is 11.2 Å². The van der Waals surface area contributed by atoms with E-state index in [1.807, 2.05) is 37.3 Å². The molecule has 26 heavy (non-hydrogen) atoms. The van der Waals surface area contributed by atoms with Crippen molar-refractivity contribution in [2.75, 3.05) is 11.9 Å². The third kappa shape index (κ3) is 3.05. The number of carbonyl (C=O) groups is 1. The SMILES string of the molecule is Cc1cc([C@H]2CCCN2C(=O)Nc2cc(-c3ccccn3)nn2C)on1. The summed E-state index contributed by atoms with van der Waals surface area (Å²) in [5, 5.41) is 11.3. The normalized spacial score (nSPS) is 16.8. The van der Waals surface area contributed by atoms with Crippen molar-refractivity contribution in [1.29, 1.82) is 0 Å². The number of aromatic nitrogens is 4. The van der Waals surface area contributed by atoms with Gasteiger partial charge in [-0.05, 0) is 31.9 Å². The molecule has 3 aromatic rings. The maximum Gasteiger partial charge on any atom is 0.323 e. The van der Waals surface area contributed by atoms with Crippen LogP contribution < -0.4 is 5.32 Å². The van der Waals surface area contributed by atoms with Crippen molar-refractivity contribution in [1.82, 2.24) is 24.8 Å². The van der Waals surface area contributed by atoms with E-state index in [9.17, 15) is 4.79 Å². The second kappa shape index (κ2) is 6.62. The molecule has 0 unspecified atom stereocenters. The van der Waals surface area contributed by atoms with Gasteiger partial charge < -0.3 is 9.42 Å². The smallest absolute Gasteiger partial charge is 0.323 e. The molecule has 1 atom stereocenters. The van der Waals surface area contributed by atoms with E-state index in [2.05, 4.69) is 20.6 Å². The molecule has 134 valence electrons. The van der Waals surface area contributed by atoms with Crippen LogP contribution in [0.3, 0.4) is 0 Å². The van der Waals surface area contributed by atoms with Crippen LogP contribution >= 0.6 is 0 Å². The Kier molecular flexibility index (Phi) is 4.16. The van der Waals surface area contributed by atoms with Gasteiger partial charge >= 0.3 is 6.03 Å². The molecule has 0 radical (unpaired) electrons. The molecule has 4 rings (SSSR count). The van der Waals surface area contributed by atoms with Gasteiger partial charge in [0.25, 0.3) is 0 Å². The Morgan fingerprint density at radius 2 is 2.19 bits per heavy atom. The van der Waals surface area contributed by atoms with Crippen LogP contribution in [-0.2, 0) is 7.05 Å². The summed E-state index contributed by atoms with van der Waals surface area (Å²) in [6, 6.07) is 9.11. The Morgan fingerprint density at radius 1 is 1.31 bits per heavy atom. The predicted molar refractivity (Wildman–Crippen MR) is 95.4 cm³/mol. The van der Waals surface area contributed by atoms with E-state index in [0.717, 1.165) is 30.0 Å². The first-order valence-electron chi connectivity index (χ1n) is 8.58. The molecule has 0 aromatic carbocycles. The van der Waals surface area contributed by atoms with Crippen LogP contribution in [0.5, 0.6) is 0 Å². The Hall–Kier alpha value is -3.16. The van der Waals surface area contributed by atoms with E-state index in [4.69, 9.17) is 4.52 Å². The molecule has 1 saturated heterocycles. The second-order valence-electron chi connectivity index (χ2n) is 6.41. The largest absolute Gasteiger partial charge is 0.359 e. The van der Waals surface area contributed by atoms with Crippen molar-refractivity contribution in [2.45, 2.75) is 25.8 Å². The molecular formula is C18H20N6O2. The van der Waals surface area contributed by atoms with Gasteiger partial charge in [-0.2, -0.15) is 5.10 Å². The highest BCUT2D eigenvalue weighted by atomic mass is 16.5. The summed E-state index contributed by atoms with van der Waals surface area (Å²) in [5.41, 5.74) is 2.30. The van der Waals surface area contributed by atoms with Crippen LogP contribution in [0.15, 0.2) is 41.1 Å². The average molecular weight is 352 g/mol. The zero-order valence-corrected chi connectivity index (χ0v) is 14.7. The molecule has 0 spiro atoms. The molecule has 8 nitrogen and oxygen atoms in total. The molecule has 0 aliphatic carbocycles. The van der Waals surface area contributed by atoms with Crippen molar-refractivity contribution < 1.29 is 9.32 Å². The van der Waals surface area contributed by atoms with Crippen molar-refractivity contribution in [3.05, 3.63) is 48.0 Å². The first-order chi connectivity index (χ1) is 12.6. The number of hydrogen-bond donors (Lipinski definition) is 1. The molecule has 1 aliphatic rings. The number of nitrogens with one attached hydrogen (secondary N) is 1. The van der Waals surface area contributed by atoms with E-state index in [1.165, 1.54) is 0 Å². The highest BCUT2D eigenvalue weighted by molar-refractivity contribution is 5.89. The summed E-state index contributed by atoms with van der Waals surface area (Å²) in [5.74, 6) is 1.35. The maximum absolute atomic E-state index is 12.8. The number of aryl methyl sites for hydroxylation is 2. The quantitative estimate of drug-likeness (QED) is 0.782. The molecule has 0 saturated carbocycles. The second-order valence-corrected chi connectivity index (χ2v) is 6.41.